The van der Waals surface area contributed by atoms with E-state index in [9.17, 15) is 19.1 Å². The van der Waals surface area contributed by atoms with Gasteiger partial charge in [0, 0.05) is 26.1 Å². The summed E-state index contributed by atoms with van der Waals surface area (Å²) in [6.45, 7) is 5.71. The van der Waals surface area contributed by atoms with Gasteiger partial charge in [0.05, 0.1) is 29.9 Å². The molecule has 176 valence electrons. The highest BCUT2D eigenvalue weighted by Crippen LogP contribution is 2.46. The molecule has 2 aromatic rings. The Balaban J connectivity index is 1.65. The number of benzene rings is 1. The zero-order chi connectivity index (χ0) is 24.0. The lowest BCUT2D eigenvalue weighted by atomic mass is 10.1. The van der Waals surface area contributed by atoms with Crippen molar-refractivity contribution in [2.45, 2.75) is 19.4 Å². The smallest absolute Gasteiger partial charge is 0.246 e. The number of phenols is 1. The van der Waals surface area contributed by atoms with Gasteiger partial charge >= 0.3 is 0 Å². The SMILES string of the molecule is C=CC(=O)N1CCN2Cc3c(N4CCCC4=O)nc(-c4c(O)cccc4F)c(Cl)c3OC=C2C1. The summed E-state index contributed by atoms with van der Waals surface area (Å²) in [7, 11) is 0. The van der Waals surface area contributed by atoms with Gasteiger partial charge in [-0.1, -0.05) is 24.2 Å². The number of carbonyl (C=O) groups is 2. The maximum Gasteiger partial charge on any atom is 0.246 e. The molecule has 0 bridgehead atoms. The molecule has 0 unspecified atom stereocenters. The van der Waals surface area contributed by atoms with E-state index in [2.05, 4.69) is 11.6 Å². The number of halogens is 2. The van der Waals surface area contributed by atoms with Crippen LogP contribution in [0.4, 0.5) is 10.2 Å². The molecule has 1 aromatic carbocycles. The normalized spacial score (nSPS) is 17.5. The number of pyridine rings is 1. The fourth-order valence-corrected chi connectivity index (χ4v) is 4.82. The maximum atomic E-state index is 14.8. The molecule has 3 aliphatic rings. The fraction of sp³-hybridized carbons (Fsp3) is 0.292. The zero-order valence-corrected chi connectivity index (χ0v) is 19.0. The Morgan fingerprint density at radius 1 is 1.26 bits per heavy atom. The summed E-state index contributed by atoms with van der Waals surface area (Å²) < 4.78 is 20.8. The van der Waals surface area contributed by atoms with E-state index in [4.69, 9.17) is 16.3 Å². The van der Waals surface area contributed by atoms with Crippen LogP contribution in [0.25, 0.3) is 11.3 Å². The first-order valence-electron chi connectivity index (χ1n) is 10.9. The molecule has 3 aliphatic heterocycles. The van der Waals surface area contributed by atoms with Crippen molar-refractivity contribution in [3.63, 3.8) is 0 Å². The number of aromatic nitrogens is 1. The molecule has 10 heteroatoms. The molecule has 0 saturated carbocycles. The van der Waals surface area contributed by atoms with Crippen LogP contribution in [-0.2, 0) is 16.1 Å². The molecule has 5 rings (SSSR count). The second-order valence-electron chi connectivity index (χ2n) is 8.30. The number of anilines is 1. The molecule has 0 radical (unpaired) electrons. The summed E-state index contributed by atoms with van der Waals surface area (Å²) in [4.78, 5) is 34.6. The number of piperazine rings is 1. The first-order valence-corrected chi connectivity index (χ1v) is 11.3. The third-order valence-corrected chi connectivity index (χ3v) is 6.62. The Bertz CT molecular complexity index is 1230. The average molecular weight is 485 g/mol. The lowest BCUT2D eigenvalue weighted by Crippen LogP contribution is -2.46. The molecule has 1 N–H and O–H groups in total. The van der Waals surface area contributed by atoms with Gasteiger partial charge in [-0.3, -0.25) is 14.5 Å². The van der Waals surface area contributed by atoms with Gasteiger partial charge in [-0.05, 0) is 24.6 Å². The third-order valence-electron chi connectivity index (χ3n) is 6.27. The monoisotopic (exact) mass is 484 g/mol. The molecule has 34 heavy (non-hydrogen) atoms. The summed E-state index contributed by atoms with van der Waals surface area (Å²) in [5.41, 5.74) is 1.17. The van der Waals surface area contributed by atoms with Gasteiger partial charge in [-0.2, -0.15) is 0 Å². The molecule has 0 spiro atoms. The maximum absolute atomic E-state index is 14.8. The molecular weight excluding hydrogens is 463 g/mol. The summed E-state index contributed by atoms with van der Waals surface area (Å²) in [5.74, 6) is -0.722. The van der Waals surface area contributed by atoms with Crippen molar-refractivity contribution >= 4 is 29.2 Å². The molecule has 0 atom stereocenters. The third kappa shape index (κ3) is 3.66. The number of hydrogen-bond donors (Lipinski definition) is 1. The number of rotatable bonds is 3. The summed E-state index contributed by atoms with van der Waals surface area (Å²) in [6.07, 6.45) is 3.84. The number of amides is 2. The van der Waals surface area contributed by atoms with Crippen molar-refractivity contribution in [1.82, 2.24) is 14.8 Å². The minimum absolute atomic E-state index is 0.00699. The number of ether oxygens (including phenoxy) is 1. The van der Waals surface area contributed by atoms with Crippen molar-refractivity contribution in [2.75, 3.05) is 31.1 Å². The lowest BCUT2D eigenvalue weighted by Gasteiger charge is -2.36. The van der Waals surface area contributed by atoms with E-state index in [1.54, 1.807) is 9.80 Å². The molecule has 0 aliphatic carbocycles. The second kappa shape index (κ2) is 8.64. The number of nitrogens with zero attached hydrogens (tertiary/aromatic N) is 4. The fourth-order valence-electron chi connectivity index (χ4n) is 4.52. The Hall–Kier alpha value is -3.59. The van der Waals surface area contributed by atoms with E-state index < -0.39 is 5.82 Å². The van der Waals surface area contributed by atoms with Crippen LogP contribution in [-0.4, -0.2) is 57.9 Å². The van der Waals surface area contributed by atoms with E-state index in [0.29, 0.717) is 56.9 Å². The van der Waals surface area contributed by atoms with Gasteiger partial charge in [-0.25, -0.2) is 9.37 Å². The molecule has 2 saturated heterocycles. The van der Waals surface area contributed by atoms with Gasteiger partial charge in [0.2, 0.25) is 11.8 Å². The van der Waals surface area contributed by atoms with E-state index in [0.717, 1.165) is 5.70 Å². The largest absolute Gasteiger partial charge is 0.507 e. The minimum Gasteiger partial charge on any atom is -0.507 e. The van der Waals surface area contributed by atoms with Crippen LogP contribution in [0.5, 0.6) is 11.5 Å². The van der Waals surface area contributed by atoms with E-state index >= 15 is 0 Å². The molecule has 1 aromatic heterocycles. The highest BCUT2D eigenvalue weighted by molar-refractivity contribution is 6.35. The van der Waals surface area contributed by atoms with Crippen LogP contribution in [0, 0.1) is 5.82 Å². The molecule has 8 nitrogen and oxygen atoms in total. The Kier molecular flexibility index (Phi) is 5.65. The number of phenolic OH excluding ortho intramolecular Hbond substituents is 1. The van der Waals surface area contributed by atoms with Gasteiger partial charge < -0.3 is 19.6 Å². The van der Waals surface area contributed by atoms with Crippen molar-refractivity contribution in [3.8, 4) is 22.8 Å². The molecule has 2 fully saturated rings. The van der Waals surface area contributed by atoms with Crippen LogP contribution in [0.3, 0.4) is 0 Å². The zero-order valence-electron chi connectivity index (χ0n) is 18.3. The Morgan fingerprint density at radius 3 is 2.79 bits per heavy atom. The number of fused-ring (bicyclic) bond motifs is 2. The van der Waals surface area contributed by atoms with Gasteiger partial charge in [0.15, 0.2) is 5.75 Å². The summed E-state index contributed by atoms with van der Waals surface area (Å²) >= 11 is 6.70. The predicted molar refractivity (Wildman–Crippen MR) is 124 cm³/mol. The summed E-state index contributed by atoms with van der Waals surface area (Å²) in [5, 5.41) is 10.4. The average Bonchev–Trinajstić information content (AvgIpc) is 3.15. The highest BCUT2D eigenvalue weighted by Gasteiger charge is 2.35. The summed E-state index contributed by atoms with van der Waals surface area (Å²) in [6, 6.07) is 3.93. The predicted octanol–water partition coefficient (Wildman–Crippen LogP) is 3.44. The molecule has 2 amide bonds. The van der Waals surface area contributed by atoms with E-state index in [1.165, 1.54) is 30.5 Å². The van der Waals surface area contributed by atoms with Gasteiger partial charge in [0.1, 0.15) is 34.4 Å². The van der Waals surface area contributed by atoms with Crippen molar-refractivity contribution in [2.24, 2.45) is 0 Å². The minimum atomic E-state index is -0.698. The first-order chi connectivity index (χ1) is 16.4. The number of hydrogen-bond acceptors (Lipinski definition) is 6. The van der Waals surface area contributed by atoms with Crippen molar-refractivity contribution < 1.29 is 23.8 Å². The number of aromatic hydroxyl groups is 1. The van der Waals surface area contributed by atoms with Crippen LogP contribution in [0.2, 0.25) is 5.02 Å². The molecular formula is C24H22ClFN4O4. The quantitative estimate of drug-likeness (QED) is 0.672. The standard InChI is InChI=1S/C24H22ClFN4O4/c1-2-18(32)29-10-9-28-12-15-23(34-13-14(28)11-29)21(25)22(20-16(26)5-3-6-17(20)31)27-24(15)30-8-4-7-19(30)33/h2-3,5-6,13,31H,1,4,7-12H2. The topological polar surface area (TPSA) is 86.2 Å². The van der Waals surface area contributed by atoms with Crippen molar-refractivity contribution in [1.29, 1.82) is 0 Å². The van der Waals surface area contributed by atoms with Crippen LogP contribution in [0.1, 0.15) is 18.4 Å². The lowest BCUT2D eigenvalue weighted by molar-refractivity contribution is -0.127. The first kappa shape index (κ1) is 22.2. The van der Waals surface area contributed by atoms with Crippen LogP contribution < -0.4 is 9.64 Å². The van der Waals surface area contributed by atoms with Crippen molar-refractivity contribution in [3.05, 3.63) is 59.2 Å². The van der Waals surface area contributed by atoms with Crippen LogP contribution >= 0.6 is 11.6 Å². The number of carbonyl (C=O) groups excluding carboxylic acids is 2. The van der Waals surface area contributed by atoms with Crippen LogP contribution in [0.15, 0.2) is 42.8 Å². The van der Waals surface area contributed by atoms with E-state index in [1.807, 2.05) is 4.90 Å². The molecule has 4 heterocycles. The Morgan fingerprint density at radius 2 is 2.09 bits per heavy atom. The Labute approximate surface area is 200 Å². The second-order valence-corrected chi connectivity index (χ2v) is 8.68. The van der Waals surface area contributed by atoms with Gasteiger partial charge in [-0.15, -0.1) is 0 Å². The van der Waals surface area contributed by atoms with E-state index in [-0.39, 0.29) is 39.6 Å². The highest BCUT2D eigenvalue weighted by atomic mass is 35.5. The van der Waals surface area contributed by atoms with Gasteiger partial charge in [0.25, 0.3) is 0 Å².